The Morgan fingerprint density at radius 1 is 1.07 bits per heavy atom. The summed E-state index contributed by atoms with van der Waals surface area (Å²) < 4.78 is 5.92. The smallest absolute Gasteiger partial charge is 0.173 e. The summed E-state index contributed by atoms with van der Waals surface area (Å²) in [6, 6.07) is 0. The molecule has 1 N–H and O–H groups in total. The lowest BCUT2D eigenvalue weighted by Crippen LogP contribution is -2.30. The van der Waals surface area contributed by atoms with Crippen molar-refractivity contribution in [2.24, 2.45) is 0 Å². The highest BCUT2D eigenvalue weighted by Gasteiger charge is 2.15. The van der Waals surface area contributed by atoms with Crippen LogP contribution >= 0.6 is 12.2 Å². The molecule has 0 unspecified atom stereocenters. The highest BCUT2D eigenvalue weighted by atomic mass is 32.1. The van der Waals surface area contributed by atoms with Crippen LogP contribution in [0.25, 0.3) is 0 Å². The maximum absolute atomic E-state index is 5.60. The summed E-state index contributed by atoms with van der Waals surface area (Å²) >= 11 is 5.60. The molecule has 0 aliphatic heterocycles. The van der Waals surface area contributed by atoms with Crippen LogP contribution < -0.4 is 5.32 Å². The van der Waals surface area contributed by atoms with Crippen molar-refractivity contribution in [2.45, 2.75) is 60.8 Å². The molecule has 3 rings (SSSR count). The van der Waals surface area contributed by atoms with E-state index in [-0.39, 0.29) is 0 Å². The number of nitrogens with zero attached hydrogens (tertiary/aromatic N) is 7. The van der Waals surface area contributed by atoms with E-state index >= 15 is 0 Å². The van der Waals surface area contributed by atoms with Crippen molar-refractivity contribution in [1.29, 1.82) is 0 Å². The second kappa shape index (κ2) is 8.77. The van der Waals surface area contributed by atoms with Gasteiger partial charge in [-0.25, -0.2) is 0 Å². The van der Waals surface area contributed by atoms with Crippen molar-refractivity contribution in [2.75, 3.05) is 12.4 Å². The van der Waals surface area contributed by atoms with E-state index in [4.69, 9.17) is 12.2 Å². The monoisotopic (exact) mass is 414 g/mol. The van der Waals surface area contributed by atoms with Gasteiger partial charge in [0.1, 0.15) is 0 Å². The number of hydrogen-bond donors (Lipinski definition) is 1. The van der Waals surface area contributed by atoms with Gasteiger partial charge in [-0.15, -0.1) is 0 Å². The predicted molar refractivity (Wildman–Crippen MR) is 119 cm³/mol. The Kier molecular flexibility index (Phi) is 6.36. The van der Waals surface area contributed by atoms with Crippen molar-refractivity contribution < 1.29 is 0 Å². The first-order valence-corrected chi connectivity index (χ1v) is 10.3. The largest absolute Gasteiger partial charge is 0.348 e. The molecule has 156 valence electrons. The molecular weight excluding hydrogens is 384 g/mol. The number of thiocarbonyl (C=S) groups is 1. The van der Waals surface area contributed by atoms with Crippen LogP contribution in [0, 0.1) is 20.8 Å². The molecule has 0 aliphatic carbocycles. The Morgan fingerprint density at radius 3 is 2.41 bits per heavy atom. The van der Waals surface area contributed by atoms with Crippen molar-refractivity contribution in [3.8, 4) is 0 Å². The first-order chi connectivity index (χ1) is 13.8. The summed E-state index contributed by atoms with van der Waals surface area (Å²) in [7, 11) is 1.99. The van der Waals surface area contributed by atoms with E-state index in [1.54, 1.807) is 6.20 Å². The number of aryl methyl sites for hydroxylation is 3. The number of aromatic nitrogens is 6. The number of hydrogen-bond acceptors (Lipinski definition) is 4. The van der Waals surface area contributed by atoms with Gasteiger partial charge >= 0.3 is 0 Å². The number of anilines is 1. The van der Waals surface area contributed by atoms with E-state index in [9.17, 15) is 0 Å². The first kappa shape index (κ1) is 21.0. The molecule has 0 spiro atoms. The van der Waals surface area contributed by atoms with Gasteiger partial charge in [-0.2, -0.15) is 15.3 Å². The second-order valence-electron chi connectivity index (χ2n) is 7.25. The molecule has 0 atom stereocenters. The van der Waals surface area contributed by atoms with Crippen molar-refractivity contribution >= 4 is 23.0 Å². The van der Waals surface area contributed by atoms with Crippen LogP contribution in [-0.4, -0.2) is 46.4 Å². The van der Waals surface area contributed by atoms with Crippen molar-refractivity contribution in [3.63, 3.8) is 0 Å². The Labute approximate surface area is 177 Å². The molecule has 0 fully saturated rings. The van der Waals surface area contributed by atoms with Crippen LogP contribution in [-0.2, 0) is 26.2 Å². The average molecular weight is 415 g/mol. The Morgan fingerprint density at radius 2 is 1.79 bits per heavy atom. The van der Waals surface area contributed by atoms with E-state index in [0.29, 0.717) is 18.2 Å². The maximum atomic E-state index is 5.60. The normalized spacial score (nSPS) is 11.1. The molecule has 3 heterocycles. The van der Waals surface area contributed by atoms with Gasteiger partial charge < -0.3 is 10.2 Å². The third-order valence-corrected chi connectivity index (χ3v) is 5.71. The Balaban J connectivity index is 1.62. The SMILES string of the molecule is CCn1ncc(Cn2cc(NC(=S)N(C)Cc3c(C)nn(CC)c3C)cn2)c1C. The molecule has 9 heteroatoms. The molecule has 0 saturated carbocycles. The molecule has 0 aromatic carbocycles. The van der Waals surface area contributed by atoms with Gasteiger partial charge in [0.25, 0.3) is 0 Å². The fraction of sp³-hybridized carbons (Fsp3) is 0.500. The average Bonchev–Trinajstić information content (AvgIpc) is 3.36. The summed E-state index contributed by atoms with van der Waals surface area (Å²) in [5.74, 6) is 0. The molecule has 0 amide bonds. The van der Waals surface area contributed by atoms with Gasteiger partial charge in [-0.1, -0.05) is 0 Å². The molecule has 0 radical (unpaired) electrons. The van der Waals surface area contributed by atoms with Crippen molar-refractivity contribution in [1.82, 2.24) is 34.2 Å². The Hall–Kier alpha value is -2.68. The van der Waals surface area contributed by atoms with Crippen LogP contribution in [0.4, 0.5) is 5.69 Å². The lowest BCUT2D eigenvalue weighted by Gasteiger charge is -2.20. The van der Waals surface area contributed by atoms with E-state index in [1.807, 2.05) is 45.3 Å². The molecule has 29 heavy (non-hydrogen) atoms. The molecule has 3 aromatic heterocycles. The molecule has 8 nitrogen and oxygen atoms in total. The van der Waals surface area contributed by atoms with Crippen LogP contribution in [0.5, 0.6) is 0 Å². The van der Waals surface area contributed by atoms with Crippen LogP contribution in [0.2, 0.25) is 0 Å². The van der Waals surface area contributed by atoms with Crippen LogP contribution in [0.1, 0.15) is 42.1 Å². The van der Waals surface area contributed by atoms with Gasteiger partial charge in [0.05, 0.1) is 30.3 Å². The van der Waals surface area contributed by atoms with Gasteiger partial charge in [0.15, 0.2) is 5.11 Å². The molecule has 3 aromatic rings. The summed E-state index contributed by atoms with van der Waals surface area (Å²) in [5, 5.41) is 17.4. The van der Waals surface area contributed by atoms with Crippen molar-refractivity contribution in [3.05, 3.63) is 46.8 Å². The second-order valence-corrected chi connectivity index (χ2v) is 7.64. The van der Waals surface area contributed by atoms with E-state index < -0.39 is 0 Å². The van der Waals surface area contributed by atoms with Gasteiger partial charge in [0, 0.05) is 55.4 Å². The van der Waals surface area contributed by atoms with Gasteiger partial charge in [-0.05, 0) is 46.8 Å². The lowest BCUT2D eigenvalue weighted by molar-refractivity contribution is 0.504. The Bertz CT molecular complexity index is 996. The fourth-order valence-electron chi connectivity index (χ4n) is 3.45. The summed E-state index contributed by atoms with van der Waals surface area (Å²) in [5.41, 5.74) is 6.68. The quantitative estimate of drug-likeness (QED) is 0.599. The first-order valence-electron chi connectivity index (χ1n) is 9.92. The fourth-order valence-corrected chi connectivity index (χ4v) is 3.63. The molecule has 0 aliphatic rings. The van der Waals surface area contributed by atoms with Gasteiger partial charge in [-0.3, -0.25) is 14.0 Å². The summed E-state index contributed by atoms with van der Waals surface area (Å²) in [4.78, 5) is 2.03. The predicted octanol–water partition coefficient (Wildman–Crippen LogP) is 3.12. The topological polar surface area (TPSA) is 68.7 Å². The zero-order valence-electron chi connectivity index (χ0n) is 18.1. The van der Waals surface area contributed by atoms with E-state index in [2.05, 4.69) is 48.3 Å². The van der Waals surface area contributed by atoms with E-state index in [0.717, 1.165) is 24.5 Å². The standard InChI is InChI=1S/C20H30N8S/c1-7-27-15(4)17(9-22-27)11-26-12-18(10-21-26)23-20(29)25(6)13-19-14(3)24-28(8-2)16(19)5/h9-10,12H,7-8,11,13H2,1-6H3,(H,23,29). The van der Waals surface area contributed by atoms with Gasteiger partial charge in [0.2, 0.25) is 0 Å². The zero-order chi connectivity index (χ0) is 21.1. The van der Waals surface area contributed by atoms with Crippen LogP contribution in [0.3, 0.4) is 0 Å². The highest BCUT2D eigenvalue weighted by Crippen LogP contribution is 2.16. The minimum atomic E-state index is 0.655. The van der Waals surface area contributed by atoms with Crippen LogP contribution in [0.15, 0.2) is 18.6 Å². The lowest BCUT2D eigenvalue weighted by atomic mass is 10.2. The molecule has 0 saturated heterocycles. The summed E-state index contributed by atoms with van der Waals surface area (Å²) in [6.07, 6.45) is 5.67. The molecule has 0 bridgehead atoms. The zero-order valence-corrected chi connectivity index (χ0v) is 18.9. The number of rotatable bonds is 7. The maximum Gasteiger partial charge on any atom is 0.173 e. The minimum Gasteiger partial charge on any atom is -0.348 e. The third kappa shape index (κ3) is 4.50. The minimum absolute atomic E-state index is 0.655. The number of nitrogens with one attached hydrogen (secondary N) is 1. The summed E-state index contributed by atoms with van der Waals surface area (Å²) in [6.45, 7) is 13.6. The third-order valence-electron chi connectivity index (χ3n) is 5.29. The molecular formula is C20H30N8S. The highest BCUT2D eigenvalue weighted by molar-refractivity contribution is 7.80. The van der Waals surface area contributed by atoms with E-state index in [1.165, 1.54) is 22.5 Å².